The van der Waals surface area contributed by atoms with Crippen LogP contribution in [0.3, 0.4) is 0 Å². The molecule has 4 nitrogen and oxygen atoms in total. The van der Waals surface area contributed by atoms with Crippen molar-refractivity contribution in [2.75, 3.05) is 6.54 Å². The molecule has 1 aromatic heterocycles. The number of nitrogens with zero attached hydrogens (tertiary/aromatic N) is 1. The summed E-state index contributed by atoms with van der Waals surface area (Å²) >= 11 is 0. The molecule has 0 bridgehead atoms. The molecule has 1 fully saturated rings. The van der Waals surface area contributed by atoms with Crippen LogP contribution in [0.2, 0.25) is 0 Å². The van der Waals surface area contributed by atoms with Crippen LogP contribution in [0.15, 0.2) is 24.5 Å². The van der Waals surface area contributed by atoms with Gasteiger partial charge in [0.2, 0.25) is 5.91 Å². The van der Waals surface area contributed by atoms with E-state index in [1.165, 1.54) is 0 Å². The van der Waals surface area contributed by atoms with E-state index < -0.39 is 0 Å². The van der Waals surface area contributed by atoms with Crippen LogP contribution < -0.4 is 10.6 Å². The second-order valence-corrected chi connectivity index (χ2v) is 6.00. The first-order valence-corrected chi connectivity index (χ1v) is 6.94. The van der Waals surface area contributed by atoms with E-state index in [0.29, 0.717) is 0 Å². The molecule has 0 aliphatic carbocycles. The molecule has 1 aliphatic rings. The average molecular weight is 261 g/mol. The van der Waals surface area contributed by atoms with Crippen LogP contribution in [-0.4, -0.2) is 23.5 Å². The number of hydrogen-bond acceptors (Lipinski definition) is 3. The van der Waals surface area contributed by atoms with Gasteiger partial charge in [0.25, 0.3) is 0 Å². The summed E-state index contributed by atoms with van der Waals surface area (Å²) < 4.78 is 0. The summed E-state index contributed by atoms with van der Waals surface area (Å²) in [5.74, 6) is 0.0843. The van der Waals surface area contributed by atoms with Crippen LogP contribution in [0.4, 0.5) is 0 Å². The Hall–Kier alpha value is -1.42. The zero-order valence-electron chi connectivity index (χ0n) is 11.9. The van der Waals surface area contributed by atoms with Gasteiger partial charge in [-0.2, -0.15) is 0 Å². The Morgan fingerprint density at radius 2 is 2.37 bits per heavy atom. The van der Waals surface area contributed by atoms with Gasteiger partial charge in [-0.25, -0.2) is 0 Å². The van der Waals surface area contributed by atoms with Gasteiger partial charge in [-0.1, -0.05) is 19.9 Å². The molecule has 2 atom stereocenters. The van der Waals surface area contributed by atoms with Crippen LogP contribution in [-0.2, 0) is 4.79 Å². The van der Waals surface area contributed by atoms with E-state index in [4.69, 9.17) is 0 Å². The second kappa shape index (κ2) is 5.70. The van der Waals surface area contributed by atoms with E-state index in [1.807, 2.05) is 19.1 Å². The predicted molar refractivity (Wildman–Crippen MR) is 75.6 cm³/mol. The van der Waals surface area contributed by atoms with Gasteiger partial charge in [-0.15, -0.1) is 0 Å². The van der Waals surface area contributed by atoms with Crippen molar-refractivity contribution in [3.05, 3.63) is 30.1 Å². The first-order chi connectivity index (χ1) is 9.00. The third-order valence-corrected chi connectivity index (χ3v) is 3.93. The maximum atomic E-state index is 12.4. The Balaban J connectivity index is 2.01. The quantitative estimate of drug-likeness (QED) is 0.875. The highest BCUT2D eigenvalue weighted by molar-refractivity contribution is 5.83. The molecule has 0 aromatic carbocycles. The lowest BCUT2D eigenvalue weighted by Crippen LogP contribution is -2.55. The number of carbonyl (C=O) groups is 1. The number of pyridine rings is 1. The molecule has 2 rings (SSSR count). The molecule has 1 amide bonds. The van der Waals surface area contributed by atoms with Gasteiger partial charge >= 0.3 is 0 Å². The average Bonchev–Trinajstić information content (AvgIpc) is 2.39. The number of carbonyl (C=O) groups excluding carboxylic acids is 1. The minimum Gasteiger partial charge on any atom is -0.348 e. The van der Waals surface area contributed by atoms with Crippen LogP contribution in [0.1, 0.15) is 45.2 Å². The summed E-state index contributed by atoms with van der Waals surface area (Å²) in [6, 6.07) is 3.75. The highest BCUT2D eigenvalue weighted by Crippen LogP contribution is 2.30. The minimum absolute atomic E-state index is 0.0109. The summed E-state index contributed by atoms with van der Waals surface area (Å²) in [7, 11) is 0. The molecule has 19 heavy (non-hydrogen) atoms. The van der Waals surface area contributed by atoms with Gasteiger partial charge in [0.1, 0.15) is 0 Å². The molecular weight excluding hydrogens is 238 g/mol. The number of nitrogens with one attached hydrogen (secondary N) is 2. The van der Waals surface area contributed by atoms with Gasteiger partial charge in [-0.3, -0.25) is 9.78 Å². The first-order valence-electron chi connectivity index (χ1n) is 6.94. The van der Waals surface area contributed by atoms with Gasteiger partial charge in [0.05, 0.1) is 12.1 Å². The molecule has 0 saturated carbocycles. The lowest BCUT2D eigenvalue weighted by Gasteiger charge is -2.38. The molecule has 104 valence electrons. The van der Waals surface area contributed by atoms with E-state index >= 15 is 0 Å². The summed E-state index contributed by atoms with van der Waals surface area (Å²) in [6.45, 7) is 7.21. The normalized spacial score (nSPS) is 23.6. The van der Waals surface area contributed by atoms with Gasteiger partial charge < -0.3 is 10.6 Å². The van der Waals surface area contributed by atoms with Crippen LogP contribution in [0.25, 0.3) is 0 Å². The molecule has 0 spiro atoms. The van der Waals surface area contributed by atoms with Crippen LogP contribution in [0, 0.1) is 5.41 Å². The maximum absolute atomic E-state index is 12.4. The standard InChI is InChI=1S/C15H23N3O/c1-11(12-6-4-8-16-10-12)18-14(19)13-15(2,3)7-5-9-17-13/h4,6,8,10-11,13,17H,5,7,9H2,1-3H3,(H,18,19). The van der Waals surface area contributed by atoms with Crippen molar-refractivity contribution in [1.82, 2.24) is 15.6 Å². The van der Waals surface area contributed by atoms with Crippen molar-refractivity contribution in [1.29, 1.82) is 0 Å². The minimum atomic E-state index is -0.111. The third-order valence-electron chi connectivity index (χ3n) is 3.93. The van der Waals surface area contributed by atoms with Crippen molar-refractivity contribution in [2.45, 2.75) is 45.7 Å². The number of hydrogen-bond donors (Lipinski definition) is 2. The Bertz CT molecular complexity index is 430. The fourth-order valence-electron chi connectivity index (χ4n) is 2.67. The van der Waals surface area contributed by atoms with E-state index in [2.05, 4.69) is 29.5 Å². The number of amides is 1. The van der Waals surface area contributed by atoms with Gasteiger partial charge in [0, 0.05) is 12.4 Å². The van der Waals surface area contributed by atoms with Gasteiger partial charge in [-0.05, 0) is 43.4 Å². The molecular formula is C15H23N3O. The molecule has 2 unspecified atom stereocenters. The second-order valence-electron chi connectivity index (χ2n) is 6.00. The SMILES string of the molecule is CC(NC(=O)C1NCCCC1(C)C)c1cccnc1. The van der Waals surface area contributed by atoms with Crippen molar-refractivity contribution < 1.29 is 4.79 Å². The molecule has 2 heterocycles. The topological polar surface area (TPSA) is 54.0 Å². The molecule has 1 aromatic rings. The summed E-state index contributed by atoms with van der Waals surface area (Å²) in [4.78, 5) is 16.5. The van der Waals surface area contributed by atoms with Crippen molar-refractivity contribution >= 4 is 5.91 Å². The van der Waals surface area contributed by atoms with Crippen LogP contribution >= 0.6 is 0 Å². The Morgan fingerprint density at radius 3 is 3.00 bits per heavy atom. The Kier molecular flexibility index (Phi) is 4.20. The fourth-order valence-corrected chi connectivity index (χ4v) is 2.67. The Morgan fingerprint density at radius 1 is 1.58 bits per heavy atom. The lowest BCUT2D eigenvalue weighted by molar-refractivity contribution is -0.127. The molecule has 0 radical (unpaired) electrons. The largest absolute Gasteiger partial charge is 0.348 e. The zero-order valence-corrected chi connectivity index (χ0v) is 11.9. The van der Waals surface area contributed by atoms with E-state index in [9.17, 15) is 4.79 Å². The fraction of sp³-hybridized carbons (Fsp3) is 0.600. The third kappa shape index (κ3) is 3.32. The monoisotopic (exact) mass is 261 g/mol. The van der Waals surface area contributed by atoms with Crippen LogP contribution in [0.5, 0.6) is 0 Å². The molecule has 1 aliphatic heterocycles. The maximum Gasteiger partial charge on any atom is 0.238 e. The highest BCUT2D eigenvalue weighted by Gasteiger charge is 2.37. The predicted octanol–water partition coefficient (Wildman–Crippen LogP) is 2.04. The Labute approximate surface area is 115 Å². The number of aromatic nitrogens is 1. The van der Waals surface area contributed by atoms with E-state index in [-0.39, 0.29) is 23.4 Å². The molecule has 2 N–H and O–H groups in total. The van der Waals surface area contributed by atoms with Crippen molar-refractivity contribution in [3.8, 4) is 0 Å². The zero-order chi connectivity index (χ0) is 13.9. The highest BCUT2D eigenvalue weighted by atomic mass is 16.2. The van der Waals surface area contributed by atoms with E-state index in [0.717, 1.165) is 24.9 Å². The summed E-state index contributed by atoms with van der Waals surface area (Å²) in [6.07, 6.45) is 5.75. The van der Waals surface area contributed by atoms with Gasteiger partial charge in [0.15, 0.2) is 0 Å². The molecule has 4 heteroatoms. The molecule has 1 saturated heterocycles. The lowest BCUT2D eigenvalue weighted by atomic mass is 9.77. The number of rotatable bonds is 3. The van der Waals surface area contributed by atoms with E-state index in [1.54, 1.807) is 12.4 Å². The first kappa shape index (κ1) is 14.0. The van der Waals surface area contributed by atoms with Crippen molar-refractivity contribution in [2.24, 2.45) is 5.41 Å². The number of piperidine rings is 1. The summed E-state index contributed by atoms with van der Waals surface area (Å²) in [5, 5.41) is 6.42. The van der Waals surface area contributed by atoms with Crippen molar-refractivity contribution in [3.63, 3.8) is 0 Å². The summed E-state index contributed by atoms with van der Waals surface area (Å²) in [5.41, 5.74) is 1.04. The smallest absolute Gasteiger partial charge is 0.238 e.